The molecule has 0 bridgehead atoms. The SMILES string of the molecule is CN1CCN(c2c(Br)cccc2C#N)CC1. The van der Waals surface area contributed by atoms with Crippen LogP contribution in [0.2, 0.25) is 0 Å². The maximum absolute atomic E-state index is 9.12. The zero-order valence-electron chi connectivity index (χ0n) is 9.28. The first-order valence-corrected chi connectivity index (χ1v) is 6.14. The van der Waals surface area contributed by atoms with Gasteiger partial charge in [-0.25, -0.2) is 0 Å². The predicted octanol–water partition coefficient (Wildman–Crippen LogP) is 2.07. The fourth-order valence-corrected chi connectivity index (χ4v) is 2.57. The summed E-state index contributed by atoms with van der Waals surface area (Å²) in [5, 5.41) is 9.12. The van der Waals surface area contributed by atoms with E-state index in [1.54, 1.807) is 0 Å². The highest BCUT2D eigenvalue weighted by molar-refractivity contribution is 9.10. The Morgan fingerprint density at radius 1 is 1.25 bits per heavy atom. The zero-order valence-corrected chi connectivity index (χ0v) is 10.9. The molecule has 0 aromatic heterocycles. The standard InChI is InChI=1S/C12H14BrN3/c1-15-5-7-16(8-6-15)12-10(9-14)3-2-4-11(12)13/h2-4H,5-8H2,1H3. The highest BCUT2D eigenvalue weighted by Crippen LogP contribution is 2.30. The Hall–Kier alpha value is -1.05. The first kappa shape index (κ1) is 11.4. The van der Waals surface area contributed by atoms with Crippen molar-refractivity contribution in [3.8, 4) is 6.07 Å². The Balaban J connectivity index is 2.30. The second-order valence-corrected chi connectivity index (χ2v) is 4.89. The van der Waals surface area contributed by atoms with Crippen LogP contribution in [0.15, 0.2) is 22.7 Å². The fourth-order valence-electron chi connectivity index (χ4n) is 1.96. The Kier molecular flexibility index (Phi) is 3.47. The molecule has 1 aliphatic rings. The molecule has 0 atom stereocenters. The van der Waals surface area contributed by atoms with Gasteiger partial charge in [-0.15, -0.1) is 0 Å². The summed E-state index contributed by atoms with van der Waals surface area (Å²) in [5.41, 5.74) is 1.79. The summed E-state index contributed by atoms with van der Waals surface area (Å²) in [7, 11) is 2.13. The van der Waals surface area contributed by atoms with E-state index < -0.39 is 0 Å². The van der Waals surface area contributed by atoms with Crippen molar-refractivity contribution in [1.82, 2.24) is 4.90 Å². The Labute approximate surface area is 104 Å². The van der Waals surface area contributed by atoms with Gasteiger partial charge in [-0.2, -0.15) is 5.26 Å². The summed E-state index contributed by atoms with van der Waals surface area (Å²) in [4.78, 5) is 4.59. The van der Waals surface area contributed by atoms with Gasteiger partial charge in [0.1, 0.15) is 6.07 Å². The van der Waals surface area contributed by atoms with Gasteiger partial charge in [-0.1, -0.05) is 6.07 Å². The van der Waals surface area contributed by atoms with E-state index in [1.807, 2.05) is 18.2 Å². The van der Waals surface area contributed by atoms with Crippen LogP contribution in [0.25, 0.3) is 0 Å². The molecular weight excluding hydrogens is 266 g/mol. The fraction of sp³-hybridized carbons (Fsp3) is 0.417. The van der Waals surface area contributed by atoms with Gasteiger partial charge >= 0.3 is 0 Å². The van der Waals surface area contributed by atoms with Crippen molar-refractivity contribution < 1.29 is 0 Å². The average molecular weight is 280 g/mol. The van der Waals surface area contributed by atoms with E-state index in [9.17, 15) is 0 Å². The number of nitriles is 1. The van der Waals surface area contributed by atoms with Crippen LogP contribution in [0.3, 0.4) is 0 Å². The molecule has 0 amide bonds. The number of rotatable bonds is 1. The van der Waals surface area contributed by atoms with Gasteiger partial charge in [0.05, 0.1) is 11.3 Å². The second kappa shape index (κ2) is 4.86. The summed E-state index contributed by atoms with van der Waals surface area (Å²) in [6, 6.07) is 8.03. The van der Waals surface area contributed by atoms with Crippen molar-refractivity contribution in [2.75, 3.05) is 38.1 Å². The molecule has 0 spiro atoms. The topological polar surface area (TPSA) is 30.3 Å². The number of halogens is 1. The second-order valence-electron chi connectivity index (χ2n) is 4.04. The number of likely N-dealkylation sites (N-methyl/N-ethyl adjacent to an activating group) is 1. The third kappa shape index (κ3) is 2.21. The van der Waals surface area contributed by atoms with Gasteiger partial charge in [0, 0.05) is 30.7 Å². The number of piperazine rings is 1. The van der Waals surface area contributed by atoms with Crippen molar-refractivity contribution in [3.05, 3.63) is 28.2 Å². The molecule has 2 rings (SSSR count). The highest BCUT2D eigenvalue weighted by atomic mass is 79.9. The number of para-hydroxylation sites is 1. The lowest BCUT2D eigenvalue weighted by Gasteiger charge is -2.35. The lowest BCUT2D eigenvalue weighted by molar-refractivity contribution is 0.312. The maximum atomic E-state index is 9.12. The van der Waals surface area contributed by atoms with E-state index in [2.05, 4.69) is 38.8 Å². The van der Waals surface area contributed by atoms with Crippen LogP contribution in [0.5, 0.6) is 0 Å². The van der Waals surface area contributed by atoms with Crippen LogP contribution in [-0.4, -0.2) is 38.1 Å². The molecule has 1 aromatic carbocycles. The van der Waals surface area contributed by atoms with E-state index in [4.69, 9.17) is 5.26 Å². The molecule has 84 valence electrons. The smallest absolute Gasteiger partial charge is 0.101 e. The normalized spacial score (nSPS) is 17.2. The third-order valence-corrected chi connectivity index (χ3v) is 3.57. The summed E-state index contributed by atoms with van der Waals surface area (Å²) >= 11 is 3.53. The molecule has 1 fully saturated rings. The molecule has 3 nitrogen and oxygen atoms in total. The number of anilines is 1. The Morgan fingerprint density at radius 3 is 2.56 bits per heavy atom. The number of hydrogen-bond donors (Lipinski definition) is 0. The van der Waals surface area contributed by atoms with Gasteiger partial charge in [0.15, 0.2) is 0 Å². The number of hydrogen-bond acceptors (Lipinski definition) is 3. The lowest BCUT2D eigenvalue weighted by Crippen LogP contribution is -2.44. The number of benzene rings is 1. The molecule has 4 heteroatoms. The summed E-state index contributed by atoms with van der Waals surface area (Å²) < 4.78 is 1.01. The van der Waals surface area contributed by atoms with Crippen LogP contribution < -0.4 is 4.90 Å². The third-order valence-electron chi connectivity index (χ3n) is 2.93. The largest absolute Gasteiger partial charge is 0.367 e. The van der Waals surface area contributed by atoms with Crippen molar-refractivity contribution in [2.24, 2.45) is 0 Å². The Bertz CT molecular complexity index is 417. The minimum atomic E-state index is 0.749. The van der Waals surface area contributed by atoms with Crippen LogP contribution in [0.4, 0.5) is 5.69 Å². The van der Waals surface area contributed by atoms with Crippen LogP contribution >= 0.6 is 15.9 Å². The van der Waals surface area contributed by atoms with Gasteiger partial charge in [-0.05, 0) is 35.1 Å². The van der Waals surface area contributed by atoms with Crippen LogP contribution in [0, 0.1) is 11.3 Å². The molecule has 16 heavy (non-hydrogen) atoms. The van der Waals surface area contributed by atoms with Crippen molar-refractivity contribution in [2.45, 2.75) is 0 Å². The minimum Gasteiger partial charge on any atom is -0.367 e. The number of nitrogens with zero attached hydrogens (tertiary/aromatic N) is 3. The monoisotopic (exact) mass is 279 g/mol. The van der Waals surface area contributed by atoms with Gasteiger partial charge < -0.3 is 9.80 Å². The maximum Gasteiger partial charge on any atom is 0.101 e. The van der Waals surface area contributed by atoms with Crippen LogP contribution in [-0.2, 0) is 0 Å². The molecule has 0 saturated carbocycles. The van der Waals surface area contributed by atoms with Gasteiger partial charge in [0.25, 0.3) is 0 Å². The molecule has 1 aliphatic heterocycles. The van der Waals surface area contributed by atoms with Gasteiger partial charge in [0.2, 0.25) is 0 Å². The molecule has 0 aliphatic carbocycles. The molecule has 1 aromatic rings. The molecule has 0 radical (unpaired) electrons. The minimum absolute atomic E-state index is 0.749. The van der Waals surface area contributed by atoms with Crippen molar-refractivity contribution >= 4 is 21.6 Å². The highest BCUT2D eigenvalue weighted by Gasteiger charge is 2.18. The van der Waals surface area contributed by atoms with Crippen molar-refractivity contribution in [1.29, 1.82) is 5.26 Å². The van der Waals surface area contributed by atoms with Crippen LogP contribution in [0.1, 0.15) is 5.56 Å². The first-order valence-electron chi connectivity index (χ1n) is 5.34. The van der Waals surface area contributed by atoms with E-state index in [-0.39, 0.29) is 0 Å². The van der Waals surface area contributed by atoms with E-state index in [1.165, 1.54) is 0 Å². The molecule has 0 N–H and O–H groups in total. The average Bonchev–Trinajstić information content (AvgIpc) is 2.30. The quantitative estimate of drug-likeness (QED) is 0.789. The molecule has 0 unspecified atom stereocenters. The molecular formula is C12H14BrN3. The van der Waals surface area contributed by atoms with E-state index in [0.29, 0.717) is 0 Å². The predicted molar refractivity (Wildman–Crippen MR) is 68.6 cm³/mol. The van der Waals surface area contributed by atoms with E-state index >= 15 is 0 Å². The van der Waals surface area contributed by atoms with E-state index in [0.717, 1.165) is 41.9 Å². The summed E-state index contributed by atoms with van der Waals surface area (Å²) in [5.74, 6) is 0. The molecule has 1 heterocycles. The summed E-state index contributed by atoms with van der Waals surface area (Å²) in [6.45, 7) is 4.06. The summed E-state index contributed by atoms with van der Waals surface area (Å²) in [6.07, 6.45) is 0. The Morgan fingerprint density at radius 2 is 1.94 bits per heavy atom. The first-order chi connectivity index (χ1) is 7.72. The van der Waals surface area contributed by atoms with Gasteiger partial charge in [-0.3, -0.25) is 0 Å². The lowest BCUT2D eigenvalue weighted by atomic mass is 10.1. The van der Waals surface area contributed by atoms with Crippen molar-refractivity contribution in [3.63, 3.8) is 0 Å². The zero-order chi connectivity index (χ0) is 11.5. The molecule has 1 saturated heterocycles.